The first-order valence-electron chi connectivity index (χ1n) is 12.6. The van der Waals surface area contributed by atoms with Gasteiger partial charge >= 0.3 is 0 Å². The molecule has 0 fully saturated rings. The van der Waals surface area contributed by atoms with E-state index in [4.69, 9.17) is 15.4 Å². The molecular formula is C33H24N5. The minimum Gasteiger partial charge on any atom is -0.292 e. The van der Waals surface area contributed by atoms with E-state index in [1.54, 1.807) is 0 Å². The SMILES string of the molecule is Cc1ccc(-n2c(-c3ccccc3)nc3cc4c(cc32)N(c2ccccc2)N=C(c2ccccc2)[N]4)cc1. The van der Waals surface area contributed by atoms with Crippen molar-refractivity contribution in [1.29, 1.82) is 0 Å². The Labute approximate surface area is 221 Å². The molecule has 38 heavy (non-hydrogen) atoms. The number of benzene rings is 5. The Morgan fingerprint density at radius 3 is 1.92 bits per heavy atom. The number of hydrogen-bond acceptors (Lipinski definition) is 3. The summed E-state index contributed by atoms with van der Waals surface area (Å²) in [5.74, 6) is 1.56. The molecule has 181 valence electrons. The predicted octanol–water partition coefficient (Wildman–Crippen LogP) is 7.75. The lowest BCUT2D eigenvalue weighted by atomic mass is 10.1. The number of nitrogens with zero attached hydrogens (tertiary/aromatic N) is 5. The van der Waals surface area contributed by atoms with Gasteiger partial charge in [-0.15, -0.1) is 5.10 Å². The Morgan fingerprint density at radius 2 is 1.24 bits per heavy atom. The van der Waals surface area contributed by atoms with Crippen molar-refractivity contribution in [3.63, 3.8) is 0 Å². The Kier molecular flexibility index (Phi) is 5.26. The first kappa shape index (κ1) is 22.1. The number of aryl methyl sites for hydroxylation is 1. The number of para-hydroxylation sites is 1. The molecule has 7 rings (SSSR count). The summed E-state index contributed by atoms with van der Waals surface area (Å²) in [4.78, 5) is 5.13. The average Bonchev–Trinajstić information content (AvgIpc) is 3.35. The summed E-state index contributed by atoms with van der Waals surface area (Å²) in [6.45, 7) is 2.10. The summed E-state index contributed by atoms with van der Waals surface area (Å²) in [5.41, 5.74) is 8.91. The molecule has 5 nitrogen and oxygen atoms in total. The highest BCUT2D eigenvalue weighted by Crippen LogP contribution is 2.41. The van der Waals surface area contributed by atoms with Gasteiger partial charge in [0.15, 0.2) is 5.84 Å². The molecule has 0 atom stereocenters. The van der Waals surface area contributed by atoms with Gasteiger partial charge in [0.1, 0.15) is 5.82 Å². The van der Waals surface area contributed by atoms with Crippen LogP contribution in [0.25, 0.3) is 28.1 Å². The number of hydrazone groups is 1. The van der Waals surface area contributed by atoms with Gasteiger partial charge in [0, 0.05) is 16.8 Å². The molecule has 1 aliphatic rings. The molecule has 1 radical (unpaired) electrons. The minimum absolute atomic E-state index is 0.669. The Balaban J connectivity index is 1.48. The maximum Gasteiger partial charge on any atom is 0.180 e. The third-order valence-corrected chi connectivity index (χ3v) is 6.76. The molecule has 0 unspecified atom stereocenters. The topological polar surface area (TPSA) is 47.5 Å². The summed E-state index contributed by atoms with van der Waals surface area (Å²) in [6.07, 6.45) is 0. The van der Waals surface area contributed by atoms with E-state index in [2.05, 4.69) is 72.2 Å². The Hall–Kier alpha value is -5.16. The van der Waals surface area contributed by atoms with Crippen molar-refractivity contribution in [1.82, 2.24) is 14.9 Å². The minimum atomic E-state index is 0.669. The van der Waals surface area contributed by atoms with Gasteiger partial charge in [0.2, 0.25) is 0 Å². The fraction of sp³-hybridized carbons (Fsp3) is 0.0303. The maximum absolute atomic E-state index is 5.13. The molecule has 0 spiro atoms. The molecule has 0 amide bonds. The average molecular weight is 491 g/mol. The lowest BCUT2D eigenvalue weighted by Gasteiger charge is -2.27. The second kappa shape index (κ2) is 9.05. The molecule has 0 aliphatic carbocycles. The van der Waals surface area contributed by atoms with Crippen LogP contribution >= 0.6 is 0 Å². The number of amidine groups is 1. The fourth-order valence-corrected chi connectivity index (χ4v) is 4.86. The zero-order valence-electron chi connectivity index (χ0n) is 20.9. The van der Waals surface area contributed by atoms with E-state index in [0.29, 0.717) is 5.84 Å². The van der Waals surface area contributed by atoms with E-state index in [1.165, 1.54) is 5.56 Å². The van der Waals surface area contributed by atoms with Crippen LogP contribution in [0.3, 0.4) is 0 Å². The van der Waals surface area contributed by atoms with Crippen molar-refractivity contribution in [2.45, 2.75) is 6.92 Å². The Bertz CT molecular complexity index is 1770. The lowest BCUT2D eigenvalue weighted by Crippen LogP contribution is -2.25. The smallest absolute Gasteiger partial charge is 0.180 e. The molecular weight excluding hydrogens is 466 g/mol. The molecule has 1 aromatic heterocycles. The number of hydrogen-bond donors (Lipinski definition) is 0. The monoisotopic (exact) mass is 490 g/mol. The molecule has 5 aromatic carbocycles. The van der Waals surface area contributed by atoms with E-state index >= 15 is 0 Å². The van der Waals surface area contributed by atoms with Crippen LogP contribution in [0.2, 0.25) is 0 Å². The largest absolute Gasteiger partial charge is 0.292 e. The van der Waals surface area contributed by atoms with Crippen molar-refractivity contribution in [2.75, 3.05) is 5.01 Å². The molecule has 0 saturated carbocycles. The fourth-order valence-electron chi connectivity index (χ4n) is 4.86. The van der Waals surface area contributed by atoms with Gasteiger partial charge in [-0.3, -0.25) is 4.57 Å². The first-order valence-corrected chi connectivity index (χ1v) is 12.6. The molecule has 5 heteroatoms. The van der Waals surface area contributed by atoms with Gasteiger partial charge in [-0.1, -0.05) is 96.6 Å². The maximum atomic E-state index is 5.13. The quantitative estimate of drug-likeness (QED) is 0.254. The van der Waals surface area contributed by atoms with Gasteiger partial charge in [-0.25, -0.2) is 15.3 Å². The summed E-state index contributed by atoms with van der Waals surface area (Å²) in [5, 5.41) is 12.0. The van der Waals surface area contributed by atoms with E-state index in [-0.39, 0.29) is 0 Å². The summed E-state index contributed by atoms with van der Waals surface area (Å²) >= 11 is 0. The third kappa shape index (κ3) is 3.82. The van der Waals surface area contributed by atoms with Crippen LogP contribution in [0.5, 0.6) is 0 Å². The van der Waals surface area contributed by atoms with Crippen LogP contribution in [-0.4, -0.2) is 15.4 Å². The predicted molar refractivity (Wildman–Crippen MR) is 155 cm³/mol. The molecule has 2 heterocycles. The highest BCUT2D eigenvalue weighted by Gasteiger charge is 2.26. The van der Waals surface area contributed by atoms with E-state index in [9.17, 15) is 0 Å². The Morgan fingerprint density at radius 1 is 0.605 bits per heavy atom. The van der Waals surface area contributed by atoms with E-state index in [0.717, 1.165) is 50.7 Å². The van der Waals surface area contributed by atoms with Crippen LogP contribution in [0, 0.1) is 6.92 Å². The normalized spacial score (nSPS) is 12.7. The van der Waals surface area contributed by atoms with Gasteiger partial charge in [0.05, 0.1) is 28.1 Å². The number of imidazole rings is 1. The van der Waals surface area contributed by atoms with Crippen molar-refractivity contribution in [3.8, 4) is 17.1 Å². The van der Waals surface area contributed by atoms with Crippen molar-refractivity contribution < 1.29 is 0 Å². The van der Waals surface area contributed by atoms with Crippen LogP contribution in [0.15, 0.2) is 132 Å². The zero-order valence-corrected chi connectivity index (χ0v) is 20.9. The number of anilines is 2. The number of aromatic nitrogens is 2. The van der Waals surface area contributed by atoms with Gasteiger partial charge in [0.25, 0.3) is 0 Å². The highest BCUT2D eigenvalue weighted by molar-refractivity contribution is 6.07. The van der Waals surface area contributed by atoms with E-state index < -0.39 is 0 Å². The number of rotatable bonds is 4. The van der Waals surface area contributed by atoms with Gasteiger partial charge < -0.3 is 0 Å². The molecule has 6 aromatic rings. The molecule has 0 saturated heterocycles. The van der Waals surface area contributed by atoms with Crippen molar-refractivity contribution in [3.05, 3.63) is 139 Å². The second-order valence-electron chi connectivity index (χ2n) is 9.35. The molecule has 1 aliphatic heterocycles. The van der Waals surface area contributed by atoms with Crippen molar-refractivity contribution in [2.24, 2.45) is 5.10 Å². The first-order chi connectivity index (χ1) is 18.7. The second-order valence-corrected chi connectivity index (χ2v) is 9.35. The number of fused-ring (bicyclic) bond motifs is 2. The van der Waals surface area contributed by atoms with Gasteiger partial charge in [-0.2, -0.15) is 0 Å². The van der Waals surface area contributed by atoms with Crippen LogP contribution < -0.4 is 10.3 Å². The zero-order chi connectivity index (χ0) is 25.5. The highest BCUT2D eigenvalue weighted by atomic mass is 15.5. The van der Waals surface area contributed by atoms with E-state index in [1.807, 2.05) is 71.7 Å². The van der Waals surface area contributed by atoms with Crippen molar-refractivity contribution >= 4 is 33.9 Å². The van der Waals surface area contributed by atoms with Crippen LogP contribution in [0.1, 0.15) is 11.1 Å². The summed E-state index contributed by atoms with van der Waals surface area (Å²) in [7, 11) is 0. The molecule has 0 bridgehead atoms. The van der Waals surface area contributed by atoms with Crippen LogP contribution in [-0.2, 0) is 0 Å². The standard InChI is InChI=1S/C33H24N5/c1-23-17-19-26(20-18-23)37-30-22-31-29(21-28(30)35-33(37)25-13-7-3-8-14-25)34-32(24-11-5-2-6-12-24)36-38(31)27-15-9-4-10-16-27/h2-22H,1H3. The summed E-state index contributed by atoms with van der Waals surface area (Å²) in [6, 6.07) is 43.4. The van der Waals surface area contributed by atoms with Crippen LogP contribution in [0.4, 0.5) is 17.1 Å². The lowest BCUT2D eigenvalue weighted by molar-refractivity contribution is 1.01. The summed E-state index contributed by atoms with van der Waals surface area (Å²) < 4.78 is 2.23. The molecule has 0 N–H and O–H groups in total. The van der Waals surface area contributed by atoms with Gasteiger partial charge in [-0.05, 0) is 43.3 Å². The third-order valence-electron chi connectivity index (χ3n) is 6.76.